The molecule has 0 spiro atoms. The van der Waals surface area contributed by atoms with E-state index in [1.54, 1.807) is 11.1 Å². The first-order valence-electron chi connectivity index (χ1n) is 6.11. The molecule has 1 saturated carbocycles. The molecule has 1 heteroatoms. The van der Waals surface area contributed by atoms with Crippen LogP contribution in [0.15, 0.2) is 12.1 Å². The van der Waals surface area contributed by atoms with Crippen LogP contribution in [0.5, 0.6) is 0 Å². The summed E-state index contributed by atoms with van der Waals surface area (Å²) in [5.74, 6) is 0. The Morgan fingerprint density at radius 3 is 2.40 bits per heavy atom. The van der Waals surface area contributed by atoms with Gasteiger partial charge in [-0.3, -0.25) is 0 Å². The topological polar surface area (TPSA) is 26.0 Å². The average molecular weight is 201 g/mol. The molecule has 2 N–H and O–H groups in total. The average Bonchev–Trinajstić information content (AvgIpc) is 2.98. The Hall–Kier alpha value is -0.820. The summed E-state index contributed by atoms with van der Waals surface area (Å²) >= 11 is 0. The number of aryl methyl sites for hydroxylation is 1. The number of rotatable bonds is 1. The van der Waals surface area contributed by atoms with Gasteiger partial charge in [0.05, 0.1) is 0 Å². The SMILES string of the molecule is Cc1ccc(C2(N)CC2)c2c1CCCC2. The Morgan fingerprint density at radius 1 is 1.07 bits per heavy atom. The molecule has 0 amide bonds. The summed E-state index contributed by atoms with van der Waals surface area (Å²) in [5, 5.41) is 0. The van der Waals surface area contributed by atoms with Crippen LogP contribution >= 0.6 is 0 Å². The third-order valence-corrected chi connectivity index (χ3v) is 4.09. The van der Waals surface area contributed by atoms with E-state index in [1.807, 2.05) is 0 Å². The second-order valence-corrected chi connectivity index (χ2v) is 5.25. The molecule has 1 fully saturated rings. The molecule has 0 atom stereocenters. The van der Waals surface area contributed by atoms with Gasteiger partial charge in [-0.2, -0.15) is 0 Å². The summed E-state index contributed by atoms with van der Waals surface area (Å²) in [7, 11) is 0. The van der Waals surface area contributed by atoms with Crippen molar-refractivity contribution >= 4 is 0 Å². The molecule has 0 saturated heterocycles. The van der Waals surface area contributed by atoms with Gasteiger partial charge in [0.25, 0.3) is 0 Å². The minimum absolute atomic E-state index is 0.0507. The summed E-state index contributed by atoms with van der Waals surface area (Å²) in [6.45, 7) is 2.24. The molecule has 0 heterocycles. The van der Waals surface area contributed by atoms with Crippen LogP contribution < -0.4 is 5.73 Å². The van der Waals surface area contributed by atoms with E-state index in [1.165, 1.54) is 49.7 Å². The molecule has 15 heavy (non-hydrogen) atoms. The van der Waals surface area contributed by atoms with Gasteiger partial charge in [-0.05, 0) is 67.7 Å². The summed E-state index contributed by atoms with van der Waals surface area (Å²) in [5.41, 5.74) is 12.5. The molecule has 0 bridgehead atoms. The zero-order valence-electron chi connectivity index (χ0n) is 9.47. The van der Waals surface area contributed by atoms with Crippen molar-refractivity contribution in [1.29, 1.82) is 0 Å². The van der Waals surface area contributed by atoms with Crippen LogP contribution in [0.4, 0.5) is 0 Å². The highest BCUT2D eigenvalue weighted by Crippen LogP contribution is 2.46. The van der Waals surface area contributed by atoms with Crippen LogP contribution in [0, 0.1) is 6.92 Å². The van der Waals surface area contributed by atoms with Crippen LogP contribution in [0.25, 0.3) is 0 Å². The van der Waals surface area contributed by atoms with E-state index < -0.39 is 0 Å². The second-order valence-electron chi connectivity index (χ2n) is 5.25. The number of fused-ring (bicyclic) bond motifs is 1. The van der Waals surface area contributed by atoms with Crippen molar-refractivity contribution in [2.24, 2.45) is 5.73 Å². The number of hydrogen-bond acceptors (Lipinski definition) is 1. The maximum absolute atomic E-state index is 6.34. The Labute approximate surface area is 91.7 Å². The van der Waals surface area contributed by atoms with E-state index in [4.69, 9.17) is 5.73 Å². The predicted octanol–water partition coefficient (Wildman–Crippen LogP) is 2.82. The number of nitrogens with two attached hydrogens (primary N) is 1. The molecule has 1 aromatic rings. The molecular formula is C14H19N. The van der Waals surface area contributed by atoms with E-state index in [0.29, 0.717) is 0 Å². The Bertz CT molecular complexity index is 402. The molecule has 0 aromatic heterocycles. The van der Waals surface area contributed by atoms with Crippen LogP contribution in [0.1, 0.15) is 47.9 Å². The van der Waals surface area contributed by atoms with E-state index in [2.05, 4.69) is 19.1 Å². The van der Waals surface area contributed by atoms with Crippen molar-refractivity contribution in [2.45, 2.75) is 51.0 Å². The fourth-order valence-corrected chi connectivity index (χ4v) is 2.92. The molecular weight excluding hydrogens is 182 g/mol. The van der Waals surface area contributed by atoms with E-state index in [9.17, 15) is 0 Å². The van der Waals surface area contributed by atoms with Gasteiger partial charge >= 0.3 is 0 Å². The lowest BCUT2D eigenvalue weighted by Gasteiger charge is -2.24. The van der Waals surface area contributed by atoms with Crippen LogP contribution in [0.2, 0.25) is 0 Å². The largest absolute Gasteiger partial charge is 0.321 e. The first-order chi connectivity index (χ1) is 7.21. The molecule has 1 nitrogen and oxygen atoms in total. The summed E-state index contributed by atoms with van der Waals surface area (Å²) in [4.78, 5) is 0. The molecule has 2 aliphatic carbocycles. The zero-order chi connectivity index (χ0) is 10.5. The van der Waals surface area contributed by atoms with Crippen molar-refractivity contribution < 1.29 is 0 Å². The maximum Gasteiger partial charge on any atom is 0.0414 e. The third kappa shape index (κ3) is 1.41. The van der Waals surface area contributed by atoms with Gasteiger partial charge < -0.3 is 5.73 Å². The van der Waals surface area contributed by atoms with Crippen molar-refractivity contribution in [1.82, 2.24) is 0 Å². The summed E-state index contributed by atoms with van der Waals surface area (Å²) in [6.07, 6.45) is 7.59. The molecule has 0 radical (unpaired) electrons. The van der Waals surface area contributed by atoms with Gasteiger partial charge in [0, 0.05) is 5.54 Å². The monoisotopic (exact) mass is 201 g/mol. The fourth-order valence-electron chi connectivity index (χ4n) is 2.92. The first kappa shape index (κ1) is 9.41. The minimum Gasteiger partial charge on any atom is -0.321 e. The van der Waals surface area contributed by atoms with Crippen molar-refractivity contribution in [3.05, 3.63) is 34.4 Å². The lowest BCUT2D eigenvalue weighted by molar-refractivity contribution is 0.648. The highest BCUT2D eigenvalue weighted by molar-refractivity contribution is 5.47. The number of hydrogen-bond donors (Lipinski definition) is 1. The highest BCUT2D eigenvalue weighted by atomic mass is 14.8. The molecule has 3 rings (SSSR count). The Kier molecular flexibility index (Phi) is 1.93. The smallest absolute Gasteiger partial charge is 0.0414 e. The molecule has 1 aromatic carbocycles. The maximum atomic E-state index is 6.34. The quantitative estimate of drug-likeness (QED) is 0.743. The lowest BCUT2D eigenvalue weighted by atomic mass is 9.83. The van der Waals surface area contributed by atoms with Gasteiger partial charge in [-0.1, -0.05) is 12.1 Å². The fraction of sp³-hybridized carbons (Fsp3) is 0.571. The normalized spacial score (nSPS) is 22.3. The van der Waals surface area contributed by atoms with Crippen LogP contribution in [0.3, 0.4) is 0 Å². The summed E-state index contributed by atoms with van der Waals surface area (Å²) < 4.78 is 0. The standard InChI is InChI=1S/C14H19N/c1-10-6-7-13(14(15)8-9-14)12-5-3-2-4-11(10)12/h6-7H,2-5,8-9,15H2,1H3. The highest BCUT2D eigenvalue weighted by Gasteiger charge is 2.42. The summed E-state index contributed by atoms with van der Waals surface area (Å²) in [6, 6.07) is 4.55. The van der Waals surface area contributed by atoms with E-state index in [0.717, 1.165) is 0 Å². The molecule has 2 aliphatic rings. The van der Waals surface area contributed by atoms with Gasteiger partial charge in [-0.25, -0.2) is 0 Å². The minimum atomic E-state index is 0.0507. The van der Waals surface area contributed by atoms with E-state index in [-0.39, 0.29) is 5.54 Å². The van der Waals surface area contributed by atoms with Crippen LogP contribution in [-0.2, 0) is 18.4 Å². The molecule has 80 valence electrons. The van der Waals surface area contributed by atoms with Crippen molar-refractivity contribution in [3.8, 4) is 0 Å². The van der Waals surface area contributed by atoms with Crippen LogP contribution in [-0.4, -0.2) is 0 Å². The van der Waals surface area contributed by atoms with E-state index >= 15 is 0 Å². The Balaban J connectivity index is 2.15. The van der Waals surface area contributed by atoms with Gasteiger partial charge in [-0.15, -0.1) is 0 Å². The lowest BCUT2D eigenvalue weighted by Crippen LogP contribution is -2.23. The van der Waals surface area contributed by atoms with Gasteiger partial charge in [0.15, 0.2) is 0 Å². The predicted molar refractivity (Wildman–Crippen MR) is 62.9 cm³/mol. The molecule has 0 unspecified atom stereocenters. The van der Waals surface area contributed by atoms with Gasteiger partial charge in [0.1, 0.15) is 0 Å². The third-order valence-electron chi connectivity index (χ3n) is 4.09. The Morgan fingerprint density at radius 2 is 1.73 bits per heavy atom. The van der Waals surface area contributed by atoms with Crippen molar-refractivity contribution in [3.63, 3.8) is 0 Å². The van der Waals surface area contributed by atoms with Gasteiger partial charge in [0.2, 0.25) is 0 Å². The first-order valence-corrected chi connectivity index (χ1v) is 6.11. The number of benzene rings is 1. The molecule has 0 aliphatic heterocycles. The zero-order valence-corrected chi connectivity index (χ0v) is 9.47. The second kappa shape index (κ2) is 3.08. The van der Waals surface area contributed by atoms with Crippen molar-refractivity contribution in [2.75, 3.05) is 0 Å².